The molecule has 0 unspecified atom stereocenters. The summed E-state index contributed by atoms with van der Waals surface area (Å²) >= 11 is 0. The van der Waals surface area contributed by atoms with Crippen LogP contribution in [-0.4, -0.2) is 25.2 Å². The van der Waals surface area contributed by atoms with Gasteiger partial charge in [-0.15, -0.1) is 0 Å². The molecule has 6 nitrogen and oxygen atoms in total. The van der Waals surface area contributed by atoms with E-state index in [0.29, 0.717) is 23.3 Å². The standard InChI is InChI=1S/C18H21N3O3/c1-5-12(2)20-18-14(11-19)21-17(24-18)9-7-13-6-8-15(22-3)16(10-13)23-4/h6-10,12,20H,5H2,1-4H3/b9-7+/t12-/m0/s1. The maximum absolute atomic E-state index is 9.16. The number of nitrogens with one attached hydrogen (secondary N) is 1. The van der Waals surface area contributed by atoms with Crippen molar-refractivity contribution in [3.8, 4) is 17.6 Å². The van der Waals surface area contributed by atoms with Gasteiger partial charge < -0.3 is 19.2 Å². The highest BCUT2D eigenvalue weighted by molar-refractivity contribution is 5.68. The van der Waals surface area contributed by atoms with Crippen LogP contribution >= 0.6 is 0 Å². The SMILES string of the molecule is CC[C@H](C)Nc1oc(/C=C/c2ccc(OC)c(OC)c2)nc1C#N. The first-order valence-electron chi connectivity index (χ1n) is 7.68. The highest BCUT2D eigenvalue weighted by atomic mass is 16.5. The fraction of sp³-hybridized carbons (Fsp3) is 0.333. The minimum absolute atomic E-state index is 0.202. The lowest BCUT2D eigenvalue weighted by Gasteiger charge is -2.08. The highest BCUT2D eigenvalue weighted by Gasteiger charge is 2.13. The summed E-state index contributed by atoms with van der Waals surface area (Å²) < 4.78 is 16.1. The van der Waals surface area contributed by atoms with Gasteiger partial charge in [0.05, 0.1) is 14.2 Å². The number of nitriles is 1. The average Bonchev–Trinajstić information content (AvgIpc) is 3.01. The lowest BCUT2D eigenvalue weighted by atomic mass is 10.2. The zero-order chi connectivity index (χ0) is 17.5. The van der Waals surface area contributed by atoms with Gasteiger partial charge in [-0.2, -0.15) is 10.2 Å². The molecule has 1 atom stereocenters. The average molecular weight is 327 g/mol. The van der Waals surface area contributed by atoms with Gasteiger partial charge in [0, 0.05) is 12.1 Å². The predicted octanol–water partition coefficient (Wildman–Crippen LogP) is 3.94. The van der Waals surface area contributed by atoms with Crippen LogP contribution in [0.4, 0.5) is 5.88 Å². The van der Waals surface area contributed by atoms with Crippen LogP contribution in [0.15, 0.2) is 22.6 Å². The largest absolute Gasteiger partial charge is 0.493 e. The molecule has 1 aromatic heterocycles. The molecular formula is C18H21N3O3. The molecule has 24 heavy (non-hydrogen) atoms. The summed E-state index contributed by atoms with van der Waals surface area (Å²) in [6, 6.07) is 7.81. The van der Waals surface area contributed by atoms with Crippen LogP contribution in [0.3, 0.4) is 0 Å². The third-order valence-electron chi connectivity index (χ3n) is 3.57. The van der Waals surface area contributed by atoms with Crippen molar-refractivity contribution >= 4 is 18.0 Å². The van der Waals surface area contributed by atoms with E-state index in [2.05, 4.69) is 17.2 Å². The molecule has 0 saturated heterocycles. The summed E-state index contributed by atoms with van der Waals surface area (Å²) in [7, 11) is 3.18. The van der Waals surface area contributed by atoms with E-state index in [-0.39, 0.29) is 11.7 Å². The number of methoxy groups -OCH3 is 2. The van der Waals surface area contributed by atoms with Gasteiger partial charge in [-0.05, 0) is 37.1 Å². The Morgan fingerprint density at radius 3 is 2.67 bits per heavy atom. The molecule has 2 aromatic rings. The molecule has 0 bridgehead atoms. The molecule has 0 aliphatic rings. The van der Waals surface area contributed by atoms with E-state index >= 15 is 0 Å². The molecule has 0 spiro atoms. The van der Waals surface area contributed by atoms with Crippen LogP contribution < -0.4 is 14.8 Å². The normalized spacial score (nSPS) is 12.0. The first-order valence-corrected chi connectivity index (χ1v) is 7.68. The molecule has 0 radical (unpaired) electrons. The molecule has 0 aliphatic heterocycles. The van der Waals surface area contributed by atoms with Crippen LogP contribution in [0.5, 0.6) is 11.5 Å². The number of oxazole rings is 1. The lowest BCUT2D eigenvalue weighted by Crippen LogP contribution is -2.13. The monoisotopic (exact) mass is 327 g/mol. The number of benzene rings is 1. The van der Waals surface area contributed by atoms with Gasteiger partial charge in [0.1, 0.15) is 6.07 Å². The highest BCUT2D eigenvalue weighted by Crippen LogP contribution is 2.28. The summed E-state index contributed by atoms with van der Waals surface area (Å²) in [6.45, 7) is 4.07. The van der Waals surface area contributed by atoms with Crippen molar-refractivity contribution in [1.82, 2.24) is 4.98 Å². The van der Waals surface area contributed by atoms with E-state index in [0.717, 1.165) is 12.0 Å². The molecule has 1 heterocycles. The minimum Gasteiger partial charge on any atom is -0.493 e. The summed E-state index contributed by atoms with van der Waals surface area (Å²) in [5.74, 6) is 2.08. The molecule has 0 amide bonds. The molecule has 2 rings (SSSR count). The second-order valence-corrected chi connectivity index (χ2v) is 5.24. The first-order chi connectivity index (χ1) is 11.6. The number of hydrogen-bond donors (Lipinski definition) is 1. The van der Waals surface area contributed by atoms with E-state index in [1.54, 1.807) is 20.3 Å². The maximum Gasteiger partial charge on any atom is 0.232 e. The topological polar surface area (TPSA) is 80.3 Å². The Balaban J connectivity index is 2.21. The number of hydrogen-bond acceptors (Lipinski definition) is 6. The fourth-order valence-electron chi connectivity index (χ4n) is 2.03. The number of anilines is 1. The Morgan fingerprint density at radius 2 is 2.04 bits per heavy atom. The van der Waals surface area contributed by atoms with Crippen LogP contribution in [-0.2, 0) is 0 Å². The van der Waals surface area contributed by atoms with Crippen LogP contribution in [0.2, 0.25) is 0 Å². The van der Waals surface area contributed by atoms with Crippen molar-refractivity contribution in [3.63, 3.8) is 0 Å². The molecular weight excluding hydrogens is 306 g/mol. The number of rotatable bonds is 7. The van der Waals surface area contributed by atoms with Gasteiger partial charge in [0.2, 0.25) is 17.5 Å². The van der Waals surface area contributed by atoms with Crippen LogP contribution in [0, 0.1) is 11.3 Å². The summed E-state index contributed by atoms with van der Waals surface area (Å²) in [5.41, 5.74) is 1.16. The van der Waals surface area contributed by atoms with Crippen molar-refractivity contribution in [1.29, 1.82) is 5.26 Å². The second-order valence-electron chi connectivity index (χ2n) is 5.24. The molecule has 0 saturated carbocycles. The summed E-state index contributed by atoms with van der Waals surface area (Å²) in [4.78, 5) is 4.17. The van der Waals surface area contributed by atoms with E-state index < -0.39 is 0 Å². The van der Waals surface area contributed by atoms with E-state index in [1.807, 2.05) is 37.3 Å². The van der Waals surface area contributed by atoms with Crippen molar-refractivity contribution in [2.45, 2.75) is 26.3 Å². The summed E-state index contributed by atoms with van der Waals surface area (Å²) in [5, 5.41) is 12.3. The van der Waals surface area contributed by atoms with Crippen LogP contribution in [0.25, 0.3) is 12.2 Å². The molecule has 1 N–H and O–H groups in total. The van der Waals surface area contributed by atoms with Crippen molar-refractivity contribution in [3.05, 3.63) is 35.3 Å². The number of nitrogens with zero attached hydrogens (tertiary/aromatic N) is 2. The van der Waals surface area contributed by atoms with Crippen molar-refractivity contribution in [2.75, 3.05) is 19.5 Å². The predicted molar refractivity (Wildman–Crippen MR) is 93.1 cm³/mol. The van der Waals surface area contributed by atoms with E-state index in [4.69, 9.17) is 19.2 Å². The third-order valence-corrected chi connectivity index (χ3v) is 3.57. The van der Waals surface area contributed by atoms with Gasteiger partial charge in [0.25, 0.3) is 0 Å². The van der Waals surface area contributed by atoms with E-state index in [1.165, 1.54) is 0 Å². The van der Waals surface area contributed by atoms with Crippen molar-refractivity contribution < 1.29 is 13.9 Å². The molecule has 1 aromatic carbocycles. The Hall–Kier alpha value is -2.94. The lowest BCUT2D eigenvalue weighted by molar-refractivity contribution is 0.355. The Bertz CT molecular complexity index is 759. The third kappa shape index (κ3) is 4.07. The fourth-order valence-corrected chi connectivity index (χ4v) is 2.03. The minimum atomic E-state index is 0.202. The van der Waals surface area contributed by atoms with Gasteiger partial charge in [-0.1, -0.05) is 13.0 Å². The second kappa shape index (κ2) is 8.06. The van der Waals surface area contributed by atoms with Gasteiger partial charge >= 0.3 is 0 Å². The molecule has 6 heteroatoms. The summed E-state index contributed by atoms with van der Waals surface area (Å²) in [6.07, 6.45) is 4.47. The van der Waals surface area contributed by atoms with Gasteiger partial charge in [-0.3, -0.25) is 0 Å². The smallest absolute Gasteiger partial charge is 0.232 e. The van der Waals surface area contributed by atoms with Gasteiger partial charge in [-0.25, -0.2) is 0 Å². The molecule has 0 aliphatic carbocycles. The number of ether oxygens (including phenoxy) is 2. The van der Waals surface area contributed by atoms with E-state index in [9.17, 15) is 0 Å². The Kier molecular flexibility index (Phi) is 5.85. The van der Waals surface area contributed by atoms with Gasteiger partial charge in [0.15, 0.2) is 11.5 Å². The molecule has 126 valence electrons. The zero-order valence-electron chi connectivity index (χ0n) is 14.3. The first kappa shape index (κ1) is 17.4. The Labute approximate surface area is 141 Å². The number of aromatic nitrogens is 1. The molecule has 0 fully saturated rings. The quantitative estimate of drug-likeness (QED) is 0.829. The van der Waals surface area contributed by atoms with Crippen LogP contribution in [0.1, 0.15) is 37.4 Å². The maximum atomic E-state index is 9.16. The van der Waals surface area contributed by atoms with Crippen molar-refractivity contribution in [2.24, 2.45) is 0 Å². The Morgan fingerprint density at radius 1 is 1.29 bits per heavy atom. The zero-order valence-corrected chi connectivity index (χ0v) is 14.3.